The summed E-state index contributed by atoms with van der Waals surface area (Å²) >= 11 is 0. The highest BCUT2D eigenvalue weighted by atomic mass is 19.1. The summed E-state index contributed by atoms with van der Waals surface area (Å²) < 4.78 is 26.0. The van der Waals surface area contributed by atoms with Crippen molar-refractivity contribution < 1.29 is 13.7 Å². The minimum absolute atomic E-state index is 0.215. The predicted octanol–water partition coefficient (Wildman–Crippen LogP) is 3.78. The molecule has 0 amide bonds. The van der Waals surface area contributed by atoms with E-state index in [2.05, 4.69) is 10.2 Å². The molecule has 0 unspecified atom stereocenters. The second kappa shape index (κ2) is 5.25. The number of H-pyrrole nitrogens is 1. The minimum Gasteiger partial charge on any atom is -0.398 e. The quantitative estimate of drug-likeness (QED) is 0.863. The van der Waals surface area contributed by atoms with E-state index in [0.29, 0.717) is 0 Å². The van der Waals surface area contributed by atoms with Crippen molar-refractivity contribution in [3.63, 3.8) is 0 Å². The van der Waals surface area contributed by atoms with Crippen LogP contribution in [0.25, 0.3) is 6.08 Å². The smallest absolute Gasteiger partial charge is 0.398 e. The van der Waals surface area contributed by atoms with Crippen LogP contribution in [0.1, 0.15) is 64.4 Å². The average Bonchev–Trinajstić information content (AvgIpc) is 2.78. The third-order valence-electron chi connectivity index (χ3n) is 4.33. The standard InChI is InChI=1S/C15H24BFN2O2/c1-9(2)13-11(10(3)18-19-13)8-12(17)16-20-14(4,5)15(6,7)21-16/h8-9H,1-7H3,(H,18,19). The Bertz CT molecular complexity index is 548. The number of nitrogens with zero attached hydrogens (tertiary/aromatic N) is 1. The molecule has 1 fully saturated rings. The first-order chi connectivity index (χ1) is 9.55. The molecule has 1 aliphatic rings. The fraction of sp³-hybridized carbons (Fsp3) is 0.667. The van der Waals surface area contributed by atoms with Gasteiger partial charge in [-0.1, -0.05) is 13.8 Å². The molecule has 1 aromatic heterocycles. The predicted molar refractivity (Wildman–Crippen MR) is 82.6 cm³/mol. The first-order valence-corrected chi connectivity index (χ1v) is 7.33. The summed E-state index contributed by atoms with van der Waals surface area (Å²) in [4.78, 5) is 0. The molecule has 21 heavy (non-hydrogen) atoms. The molecule has 0 saturated carbocycles. The van der Waals surface area contributed by atoms with Gasteiger partial charge in [-0.15, -0.1) is 0 Å². The number of hydrogen-bond donors (Lipinski definition) is 1. The van der Waals surface area contributed by atoms with E-state index in [1.165, 1.54) is 6.08 Å². The van der Waals surface area contributed by atoms with E-state index in [9.17, 15) is 4.39 Å². The van der Waals surface area contributed by atoms with Crippen molar-refractivity contribution in [1.29, 1.82) is 0 Å². The van der Waals surface area contributed by atoms with Crippen LogP contribution in [-0.4, -0.2) is 28.5 Å². The van der Waals surface area contributed by atoms with Crippen molar-refractivity contribution in [1.82, 2.24) is 10.2 Å². The Kier molecular flexibility index (Phi) is 4.06. The van der Waals surface area contributed by atoms with Crippen LogP contribution in [0, 0.1) is 6.92 Å². The van der Waals surface area contributed by atoms with Gasteiger partial charge in [0.1, 0.15) is 5.73 Å². The monoisotopic (exact) mass is 294 g/mol. The summed E-state index contributed by atoms with van der Waals surface area (Å²) in [6.45, 7) is 13.6. The average molecular weight is 294 g/mol. The second-order valence-electron chi connectivity index (χ2n) is 6.92. The number of aromatic nitrogens is 2. The molecule has 1 saturated heterocycles. The lowest BCUT2D eigenvalue weighted by Crippen LogP contribution is -2.41. The molecule has 2 rings (SSSR count). The third-order valence-corrected chi connectivity index (χ3v) is 4.33. The van der Waals surface area contributed by atoms with Gasteiger partial charge in [0.25, 0.3) is 0 Å². The fourth-order valence-corrected chi connectivity index (χ4v) is 2.24. The summed E-state index contributed by atoms with van der Waals surface area (Å²) in [5, 5.41) is 7.14. The van der Waals surface area contributed by atoms with Gasteiger partial charge in [0, 0.05) is 11.3 Å². The van der Waals surface area contributed by atoms with Crippen LogP contribution >= 0.6 is 0 Å². The highest BCUT2D eigenvalue weighted by Gasteiger charge is 2.53. The lowest BCUT2D eigenvalue weighted by molar-refractivity contribution is 0.00578. The zero-order valence-corrected chi connectivity index (χ0v) is 13.9. The Balaban J connectivity index is 2.30. The highest BCUT2D eigenvalue weighted by Crippen LogP contribution is 2.39. The lowest BCUT2D eigenvalue weighted by Gasteiger charge is -2.32. The Morgan fingerprint density at radius 3 is 2.24 bits per heavy atom. The molecule has 0 bridgehead atoms. The third kappa shape index (κ3) is 2.92. The van der Waals surface area contributed by atoms with Gasteiger partial charge in [-0.3, -0.25) is 5.10 Å². The minimum atomic E-state index is -0.968. The SMILES string of the molecule is Cc1[nH]nc(C(C)C)c1C=C(F)B1OC(C)(C)C(C)(C)O1. The molecule has 6 heteroatoms. The molecule has 116 valence electrons. The molecule has 2 heterocycles. The summed E-state index contributed by atoms with van der Waals surface area (Å²) in [5.41, 5.74) is 0.937. The number of aromatic amines is 1. The van der Waals surface area contributed by atoms with Gasteiger partial charge in [0.05, 0.1) is 16.9 Å². The maximum absolute atomic E-state index is 14.6. The first kappa shape index (κ1) is 16.2. The number of aryl methyl sites for hydroxylation is 1. The van der Waals surface area contributed by atoms with Gasteiger partial charge >= 0.3 is 7.12 Å². The Labute approximate surface area is 126 Å². The lowest BCUT2D eigenvalue weighted by atomic mass is 9.86. The molecule has 1 aliphatic heterocycles. The molecule has 0 atom stereocenters. The van der Waals surface area contributed by atoms with Crippen LogP contribution in [0.4, 0.5) is 4.39 Å². The topological polar surface area (TPSA) is 47.1 Å². The summed E-state index contributed by atoms with van der Waals surface area (Å²) in [6, 6.07) is 0. The van der Waals surface area contributed by atoms with Crippen molar-refractivity contribution in [3.05, 3.63) is 22.7 Å². The van der Waals surface area contributed by atoms with Crippen LogP contribution < -0.4 is 0 Å². The van der Waals surface area contributed by atoms with Crippen molar-refractivity contribution in [3.8, 4) is 0 Å². The normalized spacial score (nSPS) is 21.4. The molecule has 1 aromatic rings. The van der Waals surface area contributed by atoms with Gasteiger partial charge in [0.2, 0.25) is 0 Å². The molecular weight excluding hydrogens is 270 g/mol. The van der Waals surface area contributed by atoms with Crippen LogP contribution in [0.15, 0.2) is 5.73 Å². The number of hydrogen-bond acceptors (Lipinski definition) is 3. The maximum Gasteiger partial charge on any atom is 0.525 e. The van der Waals surface area contributed by atoms with Crippen LogP contribution in [0.5, 0.6) is 0 Å². The van der Waals surface area contributed by atoms with E-state index in [4.69, 9.17) is 9.31 Å². The van der Waals surface area contributed by atoms with E-state index < -0.39 is 24.0 Å². The maximum atomic E-state index is 14.6. The van der Waals surface area contributed by atoms with E-state index in [1.54, 1.807) is 0 Å². The van der Waals surface area contributed by atoms with Crippen molar-refractivity contribution in [2.75, 3.05) is 0 Å². The van der Waals surface area contributed by atoms with Gasteiger partial charge < -0.3 is 9.31 Å². The summed E-state index contributed by atoms with van der Waals surface area (Å²) in [5.74, 6) is 0.215. The molecule has 1 N–H and O–H groups in total. The molecule has 0 spiro atoms. The molecule has 0 radical (unpaired) electrons. The Morgan fingerprint density at radius 1 is 1.24 bits per heavy atom. The van der Waals surface area contributed by atoms with E-state index in [-0.39, 0.29) is 5.92 Å². The van der Waals surface area contributed by atoms with Crippen LogP contribution in [0.2, 0.25) is 0 Å². The second-order valence-corrected chi connectivity index (χ2v) is 6.92. The zero-order valence-electron chi connectivity index (χ0n) is 13.9. The number of nitrogens with one attached hydrogen (secondary N) is 1. The van der Waals surface area contributed by atoms with Crippen LogP contribution in [-0.2, 0) is 9.31 Å². The molecular formula is C15H24BFN2O2. The van der Waals surface area contributed by atoms with Crippen LogP contribution in [0.3, 0.4) is 0 Å². The van der Waals surface area contributed by atoms with Gasteiger partial charge in [-0.25, -0.2) is 4.39 Å². The largest absolute Gasteiger partial charge is 0.525 e. The van der Waals surface area contributed by atoms with E-state index in [0.717, 1.165) is 17.0 Å². The zero-order chi connectivity index (χ0) is 16.0. The van der Waals surface area contributed by atoms with Gasteiger partial charge in [-0.05, 0) is 46.6 Å². The van der Waals surface area contributed by atoms with E-state index in [1.807, 2.05) is 48.5 Å². The number of halogens is 1. The van der Waals surface area contributed by atoms with E-state index >= 15 is 0 Å². The van der Waals surface area contributed by atoms with Gasteiger partial charge in [0.15, 0.2) is 0 Å². The fourth-order valence-electron chi connectivity index (χ4n) is 2.24. The van der Waals surface area contributed by atoms with Crippen molar-refractivity contribution >= 4 is 13.2 Å². The summed E-state index contributed by atoms with van der Waals surface area (Å²) in [7, 11) is -0.968. The molecule has 0 aliphatic carbocycles. The Hall–Kier alpha value is -1.14. The molecule has 0 aromatic carbocycles. The molecule has 4 nitrogen and oxygen atoms in total. The first-order valence-electron chi connectivity index (χ1n) is 7.33. The Morgan fingerprint density at radius 2 is 1.76 bits per heavy atom. The van der Waals surface area contributed by atoms with Crippen molar-refractivity contribution in [2.45, 2.75) is 65.6 Å². The van der Waals surface area contributed by atoms with Crippen molar-refractivity contribution in [2.24, 2.45) is 0 Å². The summed E-state index contributed by atoms with van der Waals surface area (Å²) in [6.07, 6.45) is 1.47. The highest BCUT2D eigenvalue weighted by molar-refractivity contribution is 6.54. The van der Waals surface area contributed by atoms with Gasteiger partial charge in [-0.2, -0.15) is 5.10 Å². The number of rotatable bonds is 3.